The second-order valence-electron chi connectivity index (χ2n) is 15.4. The summed E-state index contributed by atoms with van der Waals surface area (Å²) in [4.78, 5) is 26.5. The van der Waals surface area contributed by atoms with Gasteiger partial charge >= 0.3 is 41.5 Å². The van der Waals surface area contributed by atoms with Gasteiger partial charge in [0, 0.05) is 35.3 Å². The zero-order valence-corrected chi connectivity index (χ0v) is 43.3. The molecule has 3 N–H and O–H groups in total. The largest absolute Gasteiger partial charge is 1.00 e. The Morgan fingerprint density at radius 2 is 0.984 bits per heavy atom. The fourth-order valence-electron chi connectivity index (χ4n) is 6.50. The van der Waals surface area contributed by atoms with Gasteiger partial charge in [0.15, 0.2) is 31.9 Å². The standard InChI is InChI=1S/C24H39NO5S.C20H33NO3.C4H6O2S.Na.H2O/c1-3-5-6-7-8-9-10-11-12-23(24(26)29-4-2)30-22-15-13-21(14-16-22)25-17-19-31(27,28)20-18-25;1-3-5-6-7-8-9-10-11-12-19(20(22)23-4-2)24-18-15-13-17(21)14-16-18;1-3-7(5,6)4-2;;/h13-16,23H,3-12,17-20H2,1-2H3;13-16,19H,3-12,21H2,1-2H3;3-4H,1-2H2;;1H2/q;;;+1;/p-1. The van der Waals surface area contributed by atoms with Crippen LogP contribution in [0.2, 0.25) is 0 Å². The van der Waals surface area contributed by atoms with Crippen LogP contribution in [0, 0.1) is 0 Å². The van der Waals surface area contributed by atoms with E-state index >= 15 is 0 Å². The number of unbranched alkanes of at least 4 members (excludes halogenated alkanes) is 14. The number of hydrogen-bond donors (Lipinski definition) is 1. The molecular weight excluding hydrogens is 868 g/mol. The van der Waals surface area contributed by atoms with Gasteiger partial charge in [-0.25, -0.2) is 26.4 Å². The molecule has 13 nitrogen and oxygen atoms in total. The van der Waals surface area contributed by atoms with Crippen molar-refractivity contribution in [3.8, 4) is 11.5 Å². The first-order chi connectivity index (χ1) is 29.7. The average molecular weight is 947 g/mol. The number of anilines is 2. The second-order valence-corrected chi connectivity index (χ2v) is 19.5. The Hall–Kier alpha value is -3.08. The number of nitrogens with two attached hydrogens (primary N) is 1. The third kappa shape index (κ3) is 30.2. The van der Waals surface area contributed by atoms with Crippen LogP contribution < -0.4 is 49.7 Å². The Kier molecular flexibility index (Phi) is 37.5. The topological polar surface area (TPSA) is 199 Å². The number of carbonyl (C=O) groups excluding carboxylic acids is 2. The molecule has 0 radical (unpaired) electrons. The number of ether oxygens (including phenoxy) is 4. The Balaban J connectivity index is 0. The van der Waals surface area contributed by atoms with Gasteiger partial charge in [0.2, 0.25) is 0 Å². The van der Waals surface area contributed by atoms with Crippen LogP contribution in [0.3, 0.4) is 0 Å². The van der Waals surface area contributed by atoms with Crippen molar-refractivity contribution in [2.24, 2.45) is 0 Å². The van der Waals surface area contributed by atoms with E-state index in [2.05, 4.69) is 31.9 Å². The number of sulfone groups is 2. The molecule has 0 saturated carbocycles. The maximum absolute atomic E-state index is 12.3. The first-order valence-corrected chi connectivity index (χ1v) is 26.2. The summed E-state index contributed by atoms with van der Waals surface area (Å²) in [5.74, 6) is 1.07. The summed E-state index contributed by atoms with van der Waals surface area (Å²) in [6.07, 6.45) is 19.8. The maximum Gasteiger partial charge on any atom is 1.00 e. The third-order valence-electron chi connectivity index (χ3n) is 10.2. The molecule has 2 atom stereocenters. The molecule has 3 rings (SSSR count). The van der Waals surface area contributed by atoms with Gasteiger partial charge in [0.1, 0.15) is 11.5 Å². The van der Waals surface area contributed by atoms with Crippen molar-refractivity contribution < 1.29 is 80.4 Å². The number of carbonyl (C=O) groups is 2. The summed E-state index contributed by atoms with van der Waals surface area (Å²) in [7, 11) is -6.03. The first-order valence-electron chi connectivity index (χ1n) is 22.8. The molecule has 0 bridgehead atoms. The zero-order valence-electron chi connectivity index (χ0n) is 39.7. The molecule has 0 amide bonds. The van der Waals surface area contributed by atoms with Gasteiger partial charge < -0.3 is 35.1 Å². The van der Waals surface area contributed by atoms with Crippen LogP contribution in [0.25, 0.3) is 0 Å². The molecule has 1 aliphatic heterocycles. The normalized spacial score (nSPS) is 13.7. The number of esters is 2. The van der Waals surface area contributed by atoms with Gasteiger partial charge in [0.25, 0.3) is 0 Å². The zero-order chi connectivity index (χ0) is 46.1. The summed E-state index contributed by atoms with van der Waals surface area (Å²) in [5.41, 5.74) is 7.32. The molecule has 1 aliphatic rings. The smallest absolute Gasteiger partial charge is 0.870 e. The number of hydrogen-bond acceptors (Lipinski definition) is 13. The van der Waals surface area contributed by atoms with E-state index in [0.717, 1.165) is 42.2 Å². The summed E-state index contributed by atoms with van der Waals surface area (Å²) in [6.45, 7) is 15.9. The van der Waals surface area contributed by atoms with E-state index in [1.165, 1.54) is 77.0 Å². The van der Waals surface area contributed by atoms with E-state index in [1.54, 1.807) is 31.2 Å². The fourth-order valence-corrected chi connectivity index (χ4v) is 7.83. The quantitative estimate of drug-likeness (QED) is 0.0367. The van der Waals surface area contributed by atoms with Crippen LogP contribution in [0.5, 0.6) is 11.5 Å². The molecule has 1 fully saturated rings. The molecule has 2 aromatic carbocycles. The SMILES string of the molecule is C=CS(=O)(=O)C=C.CCCCCCCCCCC(Oc1ccc(N)cc1)C(=O)OCC.CCCCCCCCCCC(Oc1ccc(N2CCS(=O)(=O)CC2)cc1)C(=O)OCC.[Na+].[OH-]. The summed E-state index contributed by atoms with van der Waals surface area (Å²) >= 11 is 0. The molecule has 360 valence electrons. The summed E-state index contributed by atoms with van der Waals surface area (Å²) in [5, 5.41) is 1.69. The molecule has 1 saturated heterocycles. The van der Waals surface area contributed by atoms with Crippen molar-refractivity contribution in [1.82, 2.24) is 0 Å². The summed E-state index contributed by atoms with van der Waals surface area (Å²) < 4.78 is 65.6. The van der Waals surface area contributed by atoms with Crippen LogP contribution >= 0.6 is 0 Å². The van der Waals surface area contributed by atoms with Gasteiger partial charge in [0.05, 0.1) is 24.7 Å². The van der Waals surface area contributed by atoms with Crippen molar-refractivity contribution in [3.05, 3.63) is 72.5 Å². The summed E-state index contributed by atoms with van der Waals surface area (Å²) in [6, 6.07) is 14.7. The van der Waals surface area contributed by atoms with Gasteiger partial charge in [-0.1, -0.05) is 117 Å². The predicted molar refractivity (Wildman–Crippen MR) is 256 cm³/mol. The molecule has 0 aromatic heterocycles. The van der Waals surface area contributed by atoms with Gasteiger partial charge in [-0.15, -0.1) is 0 Å². The Morgan fingerprint density at radius 3 is 1.31 bits per heavy atom. The van der Waals surface area contributed by atoms with Crippen LogP contribution in [0.4, 0.5) is 11.4 Å². The van der Waals surface area contributed by atoms with Crippen LogP contribution in [0.1, 0.15) is 143 Å². The number of rotatable bonds is 29. The minimum absolute atomic E-state index is 0. The minimum Gasteiger partial charge on any atom is -0.870 e. The Labute approximate surface area is 408 Å². The van der Waals surface area contributed by atoms with Gasteiger partial charge in [-0.2, -0.15) is 0 Å². The van der Waals surface area contributed by atoms with Gasteiger partial charge in [-0.05, 0) is 88.1 Å². The van der Waals surface area contributed by atoms with Crippen molar-refractivity contribution in [3.63, 3.8) is 0 Å². The third-order valence-corrected chi connectivity index (χ3v) is 12.7. The molecule has 16 heteroatoms. The molecular formula is C48H79N2NaO11S2. The van der Waals surface area contributed by atoms with Crippen LogP contribution in [0.15, 0.2) is 72.5 Å². The second kappa shape index (κ2) is 38.1. The van der Waals surface area contributed by atoms with E-state index < -0.39 is 31.9 Å². The Morgan fingerprint density at radius 1 is 0.641 bits per heavy atom. The predicted octanol–water partition coefficient (Wildman–Crippen LogP) is 7.39. The first kappa shape index (κ1) is 63.0. The average Bonchev–Trinajstić information content (AvgIpc) is 3.26. The van der Waals surface area contributed by atoms with Crippen molar-refractivity contribution in [1.29, 1.82) is 0 Å². The van der Waals surface area contributed by atoms with Crippen molar-refractivity contribution in [2.45, 2.75) is 155 Å². The fraction of sp³-hybridized carbons (Fsp3) is 0.625. The number of benzene rings is 2. The molecule has 0 spiro atoms. The van der Waals surface area contributed by atoms with Gasteiger partial charge in [-0.3, -0.25) is 0 Å². The van der Waals surface area contributed by atoms with Crippen molar-refractivity contribution in [2.75, 3.05) is 48.4 Å². The van der Waals surface area contributed by atoms with E-state index in [0.29, 0.717) is 56.3 Å². The van der Waals surface area contributed by atoms with Crippen LogP contribution in [-0.2, 0) is 38.7 Å². The number of nitrogen functional groups attached to an aromatic ring is 1. The van der Waals surface area contributed by atoms with E-state index in [-0.39, 0.29) is 58.5 Å². The maximum atomic E-state index is 12.3. The van der Waals surface area contributed by atoms with E-state index in [1.807, 2.05) is 31.2 Å². The minimum atomic E-state index is -3.13. The Bertz CT molecular complexity index is 1720. The van der Waals surface area contributed by atoms with Crippen LogP contribution in [-0.4, -0.2) is 84.3 Å². The molecule has 64 heavy (non-hydrogen) atoms. The van der Waals surface area contributed by atoms with E-state index in [4.69, 9.17) is 24.7 Å². The molecule has 0 aliphatic carbocycles. The monoisotopic (exact) mass is 947 g/mol. The van der Waals surface area contributed by atoms with E-state index in [9.17, 15) is 26.4 Å². The number of nitrogens with zero attached hydrogens (tertiary/aromatic N) is 1. The van der Waals surface area contributed by atoms with Crippen molar-refractivity contribution >= 4 is 43.0 Å². The molecule has 2 aromatic rings. The molecule has 2 unspecified atom stereocenters. The molecule has 1 heterocycles.